The Morgan fingerprint density at radius 3 is 2.89 bits per heavy atom. The number of aliphatic imine (C=N–C) groups is 1. The van der Waals surface area contributed by atoms with Crippen LogP contribution in [0.5, 0.6) is 5.75 Å². The van der Waals surface area contributed by atoms with Crippen LogP contribution in [0.15, 0.2) is 23.2 Å². The summed E-state index contributed by atoms with van der Waals surface area (Å²) in [5, 5.41) is 0. The molecule has 1 aliphatic rings. The topological polar surface area (TPSA) is 56.8 Å². The summed E-state index contributed by atoms with van der Waals surface area (Å²) in [7, 11) is 0. The van der Waals surface area contributed by atoms with Gasteiger partial charge in [-0.3, -0.25) is 0 Å². The standard InChI is InChI=1S/C12H14F2N2O2/c1-7(4-8-6-17-12(15)16-8)18-9-2-3-10(13)11(14)5-9/h2-3,5,7-8H,4,6H2,1H3,(H2,15,16)/t7-,8?/m0/s1. The van der Waals surface area contributed by atoms with E-state index in [2.05, 4.69) is 4.99 Å². The highest BCUT2D eigenvalue weighted by Crippen LogP contribution is 2.19. The molecule has 2 rings (SSSR count). The van der Waals surface area contributed by atoms with E-state index in [0.29, 0.717) is 13.0 Å². The van der Waals surface area contributed by atoms with Crippen molar-refractivity contribution in [2.75, 3.05) is 6.61 Å². The quantitative estimate of drug-likeness (QED) is 0.894. The first-order valence-electron chi connectivity index (χ1n) is 5.62. The zero-order chi connectivity index (χ0) is 13.1. The number of hydrogen-bond acceptors (Lipinski definition) is 4. The Hall–Kier alpha value is -1.85. The molecule has 1 aliphatic heterocycles. The molecule has 2 atom stereocenters. The molecule has 18 heavy (non-hydrogen) atoms. The van der Waals surface area contributed by atoms with Crippen molar-refractivity contribution < 1.29 is 18.3 Å². The molecule has 0 amide bonds. The highest BCUT2D eigenvalue weighted by molar-refractivity contribution is 5.72. The number of halogens is 2. The minimum absolute atomic E-state index is 0.0507. The van der Waals surface area contributed by atoms with Crippen LogP contribution in [0.2, 0.25) is 0 Å². The molecule has 0 saturated carbocycles. The van der Waals surface area contributed by atoms with Gasteiger partial charge in [0.05, 0.1) is 12.1 Å². The van der Waals surface area contributed by atoms with E-state index >= 15 is 0 Å². The molecule has 0 aromatic heterocycles. The van der Waals surface area contributed by atoms with Gasteiger partial charge >= 0.3 is 0 Å². The summed E-state index contributed by atoms with van der Waals surface area (Å²) in [6, 6.07) is 3.57. The van der Waals surface area contributed by atoms with Gasteiger partial charge in [0.15, 0.2) is 11.6 Å². The lowest BCUT2D eigenvalue weighted by molar-refractivity contribution is 0.188. The molecule has 6 heteroatoms. The normalized spacial score (nSPS) is 20.2. The predicted octanol–water partition coefficient (Wildman–Crippen LogP) is 1.84. The van der Waals surface area contributed by atoms with Crippen LogP contribution in [0, 0.1) is 11.6 Å². The van der Waals surface area contributed by atoms with Gasteiger partial charge in [0.2, 0.25) is 0 Å². The van der Waals surface area contributed by atoms with Gasteiger partial charge in [0.1, 0.15) is 12.4 Å². The zero-order valence-electron chi connectivity index (χ0n) is 9.90. The third-order valence-corrected chi connectivity index (χ3v) is 2.57. The second-order valence-electron chi connectivity index (χ2n) is 4.17. The number of rotatable bonds is 4. The molecule has 1 unspecified atom stereocenters. The number of nitrogens with two attached hydrogens (primary N) is 1. The molecule has 98 valence electrons. The molecule has 4 nitrogen and oxygen atoms in total. The lowest BCUT2D eigenvalue weighted by Gasteiger charge is -2.16. The number of nitrogens with zero attached hydrogens (tertiary/aromatic N) is 1. The summed E-state index contributed by atoms with van der Waals surface area (Å²) in [5.41, 5.74) is 5.39. The highest BCUT2D eigenvalue weighted by atomic mass is 19.2. The molecule has 2 N–H and O–H groups in total. The predicted molar refractivity (Wildman–Crippen MR) is 62.4 cm³/mol. The maximum Gasteiger partial charge on any atom is 0.282 e. The van der Waals surface area contributed by atoms with Crippen LogP contribution < -0.4 is 10.5 Å². The lowest BCUT2D eigenvalue weighted by Crippen LogP contribution is -2.20. The third-order valence-electron chi connectivity index (χ3n) is 2.57. The van der Waals surface area contributed by atoms with E-state index < -0.39 is 11.6 Å². The molecule has 0 radical (unpaired) electrons. The second kappa shape index (κ2) is 5.20. The van der Waals surface area contributed by atoms with E-state index in [9.17, 15) is 8.78 Å². The van der Waals surface area contributed by atoms with Gasteiger partial charge in [-0.1, -0.05) is 0 Å². The van der Waals surface area contributed by atoms with Gasteiger partial charge in [-0.2, -0.15) is 0 Å². The number of benzene rings is 1. The van der Waals surface area contributed by atoms with Crippen LogP contribution in [0.4, 0.5) is 8.78 Å². The summed E-state index contributed by atoms with van der Waals surface area (Å²) < 4.78 is 36.2. The Labute approximate surface area is 103 Å². The molecule has 0 aliphatic carbocycles. The van der Waals surface area contributed by atoms with Gasteiger partial charge in [-0.05, 0) is 19.1 Å². The minimum atomic E-state index is -0.925. The largest absolute Gasteiger partial charge is 0.491 e. The van der Waals surface area contributed by atoms with Gasteiger partial charge in [0.25, 0.3) is 6.02 Å². The molecule has 1 heterocycles. The van der Waals surface area contributed by atoms with E-state index in [1.165, 1.54) is 6.07 Å². The average Bonchev–Trinajstić information content (AvgIpc) is 2.69. The third kappa shape index (κ3) is 3.09. The molecular formula is C12H14F2N2O2. The van der Waals surface area contributed by atoms with Crippen LogP contribution in [-0.2, 0) is 4.74 Å². The molecule has 0 bridgehead atoms. The Morgan fingerprint density at radius 1 is 1.50 bits per heavy atom. The number of amidine groups is 1. The zero-order valence-corrected chi connectivity index (χ0v) is 9.90. The SMILES string of the molecule is C[C@@H](CC1COC(N)=N1)Oc1ccc(F)c(F)c1. The fourth-order valence-corrected chi connectivity index (χ4v) is 1.77. The molecule has 0 spiro atoms. The van der Waals surface area contributed by atoms with Crippen molar-refractivity contribution in [3.8, 4) is 5.75 Å². The van der Waals surface area contributed by atoms with Crippen molar-refractivity contribution in [3.63, 3.8) is 0 Å². The Kier molecular flexibility index (Phi) is 3.64. The average molecular weight is 256 g/mol. The number of hydrogen-bond donors (Lipinski definition) is 1. The van der Waals surface area contributed by atoms with Crippen LogP contribution >= 0.6 is 0 Å². The van der Waals surface area contributed by atoms with Crippen LogP contribution in [-0.4, -0.2) is 24.8 Å². The van der Waals surface area contributed by atoms with Crippen molar-refractivity contribution in [1.82, 2.24) is 0 Å². The maximum absolute atomic E-state index is 13.0. The summed E-state index contributed by atoms with van der Waals surface area (Å²) in [6.45, 7) is 2.25. The highest BCUT2D eigenvalue weighted by Gasteiger charge is 2.20. The van der Waals surface area contributed by atoms with E-state index in [1.807, 2.05) is 6.92 Å². The first-order valence-corrected chi connectivity index (χ1v) is 5.62. The van der Waals surface area contributed by atoms with Crippen molar-refractivity contribution in [2.24, 2.45) is 10.7 Å². The van der Waals surface area contributed by atoms with Gasteiger partial charge in [0, 0.05) is 12.5 Å². The molecular weight excluding hydrogens is 242 g/mol. The van der Waals surface area contributed by atoms with Crippen LogP contribution in [0.3, 0.4) is 0 Å². The first kappa shape index (κ1) is 12.6. The molecule has 1 aromatic carbocycles. The minimum Gasteiger partial charge on any atom is -0.491 e. The van der Waals surface area contributed by atoms with Crippen LogP contribution in [0.25, 0.3) is 0 Å². The van der Waals surface area contributed by atoms with Gasteiger partial charge in [-0.15, -0.1) is 0 Å². The Morgan fingerprint density at radius 2 is 2.28 bits per heavy atom. The second-order valence-corrected chi connectivity index (χ2v) is 4.17. The Balaban J connectivity index is 1.90. The summed E-state index contributed by atoms with van der Waals surface area (Å²) >= 11 is 0. The molecule has 1 aromatic rings. The van der Waals surface area contributed by atoms with Crippen LogP contribution in [0.1, 0.15) is 13.3 Å². The van der Waals surface area contributed by atoms with E-state index in [-0.39, 0.29) is 23.9 Å². The summed E-state index contributed by atoms with van der Waals surface area (Å²) in [5.74, 6) is -1.53. The lowest BCUT2D eigenvalue weighted by atomic mass is 10.1. The first-order chi connectivity index (χ1) is 8.54. The maximum atomic E-state index is 13.0. The van der Waals surface area contributed by atoms with E-state index in [4.69, 9.17) is 15.2 Å². The smallest absolute Gasteiger partial charge is 0.282 e. The monoisotopic (exact) mass is 256 g/mol. The van der Waals surface area contributed by atoms with Gasteiger partial charge < -0.3 is 15.2 Å². The van der Waals surface area contributed by atoms with Crippen molar-refractivity contribution >= 4 is 6.02 Å². The van der Waals surface area contributed by atoms with Crippen molar-refractivity contribution in [2.45, 2.75) is 25.5 Å². The van der Waals surface area contributed by atoms with Gasteiger partial charge in [-0.25, -0.2) is 13.8 Å². The van der Waals surface area contributed by atoms with Crippen molar-refractivity contribution in [1.29, 1.82) is 0 Å². The molecule has 0 saturated heterocycles. The van der Waals surface area contributed by atoms with E-state index in [0.717, 1.165) is 12.1 Å². The van der Waals surface area contributed by atoms with Crippen molar-refractivity contribution in [3.05, 3.63) is 29.8 Å². The summed E-state index contributed by atoms with van der Waals surface area (Å²) in [4.78, 5) is 4.06. The fourth-order valence-electron chi connectivity index (χ4n) is 1.77. The Bertz CT molecular complexity index is 465. The molecule has 0 fully saturated rings. The summed E-state index contributed by atoms with van der Waals surface area (Å²) in [6.07, 6.45) is 0.401. The number of ether oxygens (including phenoxy) is 2. The fraction of sp³-hybridized carbons (Fsp3) is 0.417. The van der Waals surface area contributed by atoms with E-state index in [1.54, 1.807) is 0 Å².